The molecule has 0 aliphatic rings. The van der Waals surface area contributed by atoms with Gasteiger partial charge in [0.2, 0.25) is 5.91 Å². The number of methoxy groups -OCH3 is 1. The second kappa shape index (κ2) is 15.5. The molecule has 14 heteroatoms. The summed E-state index contributed by atoms with van der Waals surface area (Å²) in [6.07, 6.45) is 0. The highest BCUT2D eigenvalue weighted by Gasteiger charge is 2.28. The van der Waals surface area contributed by atoms with Crippen LogP contribution in [0, 0.1) is 20.8 Å². The third-order valence-electron chi connectivity index (χ3n) is 6.74. The molecule has 0 bridgehead atoms. The third kappa shape index (κ3) is 7.74. The van der Waals surface area contributed by atoms with E-state index < -0.39 is 17.8 Å². The average Bonchev–Trinajstić information content (AvgIpc) is 3.59. The first-order valence-electron chi connectivity index (χ1n) is 14.4. The molecule has 12 nitrogen and oxygen atoms in total. The predicted molar refractivity (Wildman–Crippen MR) is 175 cm³/mol. The zero-order chi connectivity index (χ0) is 33.4. The van der Waals surface area contributed by atoms with E-state index in [0.29, 0.717) is 27.9 Å². The van der Waals surface area contributed by atoms with E-state index in [1.165, 1.54) is 7.11 Å². The molecule has 242 valence electrons. The number of benzene rings is 2. The first-order valence-corrected chi connectivity index (χ1v) is 16.2. The minimum absolute atomic E-state index is 0.0536. The van der Waals surface area contributed by atoms with Crippen LogP contribution in [0.1, 0.15) is 66.7 Å². The quantitative estimate of drug-likeness (QED) is 0.143. The second-order valence-corrected chi connectivity index (χ2v) is 11.9. The Morgan fingerprint density at radius 2 is 1.67 bits per heavy atom. The van der Waals surface area contributed by atoms with Gasteiger partial charge in [-0.2, -0.15) is 0 Å². The van der Waals surface area contributed by atoms with Gasteiger partial charge in [0.1, 0.15) is 15.6 Å². The number of ether oxygens (including phenoxy) is 3. The Balaban J connectivity index is 1.58. The lowest BCUT2D eigenvalue weighted by atomic mass is 10.1. The molecule has 0 aliphatic heterocycles. The smallest absolute Gasteiger partial charge is 0.348 e. The van der Waals surface area contributed by atoms with Crippen LogP contribution in [0.25, 0.3) is 5.69 Å². The molecule has 0 saturated heterocycles. The Morgan fingerprint density at radius 3 is 2.39 bits per heavy atom. The summed E-state index contributed by atoms with van der Waals surface area (Å²) < 4.78 is 17.4. The summed E-state index contributed by atoms with van der Waals surface area (Å²) in [7, 11) is 1.50. The van der Waals surface area contributed by atoms with Crippen molar-refractivity contribution in [2.24, 2.45) is 0 Å². The fourth-order valence-electron chi connectivity index (χ4n) is 4.53. The molecule has 2 heterocycles. The zero-order valence-corrected chi connectivity index (χ0v) is 28.0. The number of rotatable bonds is 13. The summed E-state index contributed by atoms with van der Waals surface area (Å²) in [6, 6.07) is 12.8. The lowest BCUT2D eigenvalue weighted by molar-refractivity contribution is -0.113. The maximum Gasteiger partial charge on any atom is 0.348 e. The van der Waals surface area contributed by atoms with Crippen LogP contribution >= 0.6 is 23.1 Å². The maximum atomic E-state index is 13.2. The number of aryl methyl sites for hydroxylation is 2. The van der Waals surface area contributed by atoms with Crippen LogP contribution in [0.3, 0.4) is 0 Å². The lowest BCUT2D eigenvalue weighted by Gasteiger charge is -2.14. The summed E-state index contributed by atoms with van der Waals surface area (Å²) in [5.74, 6) is -1.20. The highest BCUT2D eigenvalue weighted by molar-refractivity contribution is 7.99. The van der Waals surface area contributed by atoms with Crippen molar-refractivity contribution in [1.82, 2.24) is 20.1 Å². The van der Waals surface area contributed by atoms with Crippen molar-refractivity contribution in [2.75, 3.05) is 31.4 Å². The van der Waals surface area contributed by atoms with Gasteiger partial charge in [0.05, 0.1) is 49.4 Å². The molecule has 46 heavy (non-hydrogen) atoms. The summed E-state index contributed by atoms with van der Waals surface area (Å²) in [5.41, 5.74) is 3.61. The molecule has 2 N–H and O–H groups in total. The number of carbonyl (C=O) groups is 4. The molecule has 0 radical (unpaired) electrons. The number of nitrogens with zero attached hydrogens (tertiary/aromatic N) is 3. The topological polar surface area (TPSA) is 151 Å². The van der Waals surface area contributed by atoms with E-state index in [-0.39, 0.29) is 46.9 Å². The number of carbonyl (C=O) groups excluding carboxylic acids is 4. The fourth-order valence-corrected chi connectivity index (χ4v) is 6.40. The number of anilines is 1. The van der Waals surface area contributed by atoms with Gasteiger partial charge in [0.25, 0.3) is 5.91 Å². The number of esters is 2. The lowest BCUT2D eigenvalue weighted by Crippen LogP contribution is -2.25. The molecular weight excluding hydrogens is 631 g/mol. The van der Waals surface area contributed by atoms with Crippen LogP contribution in [0.4, 0.5) is 5.00 Å². The van der Waals surface area contributed by atoms with Crippen LogP contribution in [-0.4, -0.2) is 64.6 Å². The zero-order valence-electron chi connectivity index (χ0n) is 26.4. The van der Waals surface area contributed by atoms with E-state index >= 15 is 0 Å². The largest absolute Gasteiger partial charge is 0.496 e. The summed E-state index contributed by atoms with van der Waals surface area (Å²) in [6.45, 7) is 9.22. The van der Waals surface area contributed by atoms with Crippen molar-refractivity contribution in [2.45, 2.75) is 46.3 Å². The van der Waals surface area contributed by atoms with Gasteiger partial charge in [-0.3, -0.25) is 14.2 Å². The highest BCUT2D eigenvalue weighted by Crippen LogP contribution is 2.35. The number of thioether (sulfide) groups is 1. The second-order valence-electron chi connectivity index (χ2n) is 9.95. The SMILES string of the molecule is CCOC(=O)c1sc(NC(=O)CSc2nnc(CNC(=O)c3ccccc3OC)n2-c2cc(C)ccc2C)c(C(=O)OCC)c1C. The van der Waals surface area contributed by atoms with E-state index in [2.05, 4.69) is 20.8 Å². The van der Waals surface area contributed by atoms with E-state index in [4.69, 9.17) is 14.2 Å². The van der Waals surface area contributed by atoms with Crippen LogP contribution in [-0.2, 0) is 20.8 Å². The predicted octanol–water partition coefficient (Wildman–Crippen LogP) is 5.28. The third-order valence-corrected chi connectivity index (χ3v) is 8.85. The minimum Gasteiger partial charge on any atom is -0.496 e. The molecule has 4 rings (SSSR count). The van der Waals surface area contributed by atoms with Crippen molar-refractivity contribution in [3.05, 3.63) is 81.0 Å². The Kier molecular flexibility index (Phi) is 11.6. The number of aromatic nitrogens is 3. The monoisotopic (exact) mass is 665 g/mol. The van der Waals surface area contributed by atoms with Gasteiger partial charge in [-0.05, 0) is 69.5 Å². The molecular formula is C32H35N5O7S2. The van der Waals surface area contributed by atoms with Crippen molar-refractivity contribution in [1.29, 1.82) is 0 Å². The fraction of sp³-hybridized carbons (Fsp3) is 0.312. The highest BCUT2D eigenvalue weighted by atomic mass is 32.2. The molecule has 0 saturated carbocycles. The van der Waals surface area contributed by atoms with Gasteiger partial charge in [-0.1, -0.05) is 36.0 Å². The molecule has 0 fully saturated rings. The average molecular weight is 666 g/mol. The van der Waals surface area contributed by atoms with Crippen molar-refractivity contribution < 1.29 is 33.4 Å². The van der Waals surface area contributed by atoms with Crippen LogP contribution < -0.4 is 15.4 Å². The van der Waals surface area contributed by atoms with Gasteiger partial charge >= 0.3 is 11.9 Å². The van der Waals surface area contributed by atoms with E-state index in [9.17, 15) is 19.2 Å². The van der Waals surface area contributed by atoms with Crippen molar-refractivity contribution in [3.8, 4) is 11.4 Å². The van der Waals surface area contributed by atoms with E-state index in [1.807, 2.05) is 32.0 Å². The molecule has 2 amide bonds. The summed E-state index contributed by atoms with van der Waals surface area (Å²) >= 11 is 2.09. The van der Waals surface area contributed by atoms with E-state index in [0.717, 1.165) is 39.9 Å². The number of amides is 2. The van der Waals surface area contributed by atoms with Crippen LogP contribution in [0.2, 0.25) is 0 Å². The van der Waals surface area contributed by atoms with Gasteiger partial charge in [0, 0.05) is 0 Å². The Hall–Kier alpha value is -4.69. The number of thiophene rings is 1. The van der Waals surface area contributed by atoms with Gasteiger partial charge < -0.3 is 24.8 Å². The van der Waals surface area contributed by atoms with Crippen LogP contribution in [0.15, 0.2) is 47.6 Å². The maximum absolute atomic E-state index is 13.2. The molecule has 2 aromatic carbocycles. The normalized spacial score (nSPS) is 10.7. The van der Waals surface area contributed by atoms with Crippen LogP contribution in [0.5, 0.6) is 5.75 Å². The molecule has 0 atom stereocenters. The molecule has 2 aromatic heterocycles. The number of hydrogen-bond donors (Lipinski definition) is 2. The van der Waals surface area contributed by atoms with E-state index in [1.54, 1.807) is 49.6 Å². The minimum atomic E-state index is -0.649. The Labute approximate surface area is 274 Å². The van der Waals surface area contributed by atoms with Gasteiger partial charge in [0.15, 0.2) is 11.0 Å². The number of para-hydroxylation sites is 1. The molecule has 0 spiro atoms. The molecule has 0 unspecified atom stereocenters. The number of hydrogen-bond acceptors (Lipinski definition) is 11. The van der Waals surface area contributed by atoms with Gasteiger partial charge in [-0.25, -0.2) is 9.59 Å². The van der Waals surface area contributed by atoms with Gasteiger partial charge in [-0.15, -0.1) is 21.5 Å². The Morgan fingerprint density at radius 1 is 0.957 bits per heavy atom. The molecule has 0 aliphatic carbocycles. The van der Waals surface area contributed by atoms with Crippen molar-refractivity contribution >= 4 is 51.9 Å². The first-order chi connectivity index (χ1) is 22.1. The first kappa shape index (κ1) is 34.2. The summed E-state index contributed by atoms with van der Waals surface area (Å²) in [4.78, 5) is 51.7. The summed E-state index contributed by atoms with van der Waals surface area (Å²) in [5, 5.41) is 15.0. The van der Waals surface area contributed by atoms with Crippen molar-refractivity contribution in [3.63, 3.8) is 0 Å². The Bertz CT molecular complexity index is 1770. The standard InChI is InChI=1S/C32H35N5O7S2/c1-7-43-30(40)26-20(5)27(31(41)44-8-2)46-29(26)34-25(38)17-45-32-36-35-24(37(32)22-15-18(3)13-14-19(22)4)16-33-28(39)21-11-9-10-12-23(21)42-6/h9-15H,7-8,16-17H2,1-6H3,(H,33,39)(H,34,38). The number of nitrogens with one attached hydrogen (secondary N) is 2. The molecule has 4 aromatic rings.